The number of aliphatic carboxylic acids is 1. The molecule has 0 bridgehead atoms. The van der Waals surface area contributed by atoms with Crippen molar-refractivity contribution in [1.29, 1.82) is 0 Å². The summed E-state index contributed by atoms with van der Waals surface area (Å²) >= 11 is 0. The molecule has 4 rings (SSSR count). The monoisotopic (exact) mass is 528 g/mol. The van der Waals surface area contributed by atoms with Crippen LogP contribution in [0.4, 0.5) is 19.3 Å². The highest BCUT2D eigenvalue weighted by molar-refractivity contribution is 6.00. The molecular formula is C27H30F2N4O5. The van der Waals surface area contributed by atoms with Crippen molar-refractivity contribution in [2.45, 2.75) is 50.7 Å². The fourth-order valence-electron chi connectivity index (χ4n) is 5.14. The topological polar surface area (TPSA) is 119 Å². The van der Waals surface area contributed by atoms with E-state index >= 15 is 0 Å². The molecule has 0 spiro atoms. The molecule has 2 fully saturated rings. The third-order valence-electron chi connectivity index (χ3n) is 7.06. The molecule has 4 amide bonds. The van der Waals surface area contributed by atoms with Crippen LogP contribution in [0.3, 0.4) is 0 Å². The normalized spacial score (nSPS) is 18.6. The van der Waals surface area contributed by atoms with Gasteiger partial charge in [-0.2, -0.15) is 0 Å². The second kappa shape index (κ2) is 12.0. The Morgan fingerprint density at radius 3 is 2.05 bits per heavy atom. The number of amides is 4. The second-order valence-electron chi connectivity index (χ2n) is 9.62. The largest absolute Gasteiger partial charge is 0.481 e. The van der Waals surface area contributed by atoms with Gasteiger partial charge >= 0.3 is 12.0 Å². The van der Waals surface area contributed by atoms with E-state index in [-0.39, 0.29) is 31.0 Å². The first-order valence-electron chi connectivity index (χ1n) is 12.6. The molecule has 11 heteroatoms. The van der Waals surface area contributed by atoms with Gasteiger partial charge in [-0.3, -0.25) is 19.3 Å². The Hall–Kier alpha value is -4.02. The maximum Gasteiger partial charge on any atom is 0.323 e. The van der Waals surface area contributed by atoms with Crippen LogP contribution in [0.5, 0.6) is 0 Å². The summed E-state index contributed by atoms with van der Waals surface area (Å²) < 4.78 is 26.7. The molecule has 1 heterocycles. The number of hydrogen-bond acceptors (Lipinski definition) is 4. The van der Waals surface area contributed by atoms with Crippen LogP contribution in [-0.2, 0) is 9.59 Å². The highest BCUT2D eigenvalue weighted by Gasteiger charge is 2.44. The highest BCUT2D eigenvalue weighted by Crippen LogP contribution is 2.29. The van der Waals surface area contributed by atoms with Gasteiger partial charge in [-0.05, 0) is 67.3 Å². The molecule has 1 aliphatic carbocycles. The summed E-state index contributed by atoms with van der Waals surface area (Å²) in [5.41, 5.74) is 0.434. The molecule has 202 valence electrons. The number of halogens is 2. The Morgan fingerprint density at radius 1 is 0.868 bits per heavy atom. The summed E-state index contributed by atoms with van der Waals surface area (Å²) in [6.45, 7) is 0.0449. The Labute approximate surface area is 218 Å². The summed E-state index contributed by atoms with van der Waals surface area (Å²) in [5, 5.41) is 14.9. The second-order valence-corrected chi connectivity index (χ2v) is 9.62. The Kier molecular flexibility index (Phi) is 8.55. The molecule has 2 aliphatic rings. The molecule has 0 aromatic heterocycles. The van der Waals surface area contributed by atoms with E-state index in [1.165, 1.54) is 46.2 Å². The first-order valence-corrected chi connectivity index (χ1v) is 12.6. The molecular weight excluding hydrogens is 498 g/mol. The lowest BCUT2D eigenvalue weighted by molar-refractivity contribution is -0.138. The zero-order valence-electron chi connectivity index (χ0n) is 20.7. The molecule has 1 saturated heterocycles. The van der Waals surface area contributed by atoms with Crippen LogP contribution in [0.25, 0.3) is 0 Å². The Balaban J connectivity index is 1.59. The molecule has 0 radical (unpaired) electrons. The fraction of sp³-hybridized carbons (Fsp3) is 0.407. The number of nitrogens with zero attached hydrogens (tertiary/aromatic N) is 2. The molecule has 3 N–H and O–H groups in total. The van der Waals surface area contributed by atoms with Crippen molar-refractivity contribution < 1.29 is 33.1 Å². The summed E-state index contributed by atoms with van der Waals surface area (Å²) in [4.78, 5) is 54.2. The number of carboxylic acids is 1. The standard InChI is InChI=1S/C27H30F2N4O5/c28-19-8-6-18(7-9-19)26(37)32-14-15-33(27(38)30-21-12-10-20(29)11-13-21)25(32)24(36)31-22(16-23(34)35)17-4-2-1-3-5-17/h6-13,17,22,25H,1-5,14-16H2,(H,30,38)(H,31,36)(H,34,35). The van der Waals surface area contributed by atoms with E-state index in [4.69, 9.17) is 0 Å². The average molecular weight is 529 g/mol. The minimum Gasteiger partial charge on any atom is -0.481 e. The van der Waals surface area contributed by atoms with Gasteiger partial charge in [-0.15, -0.1) is 0 Å². The average Bonchev–Trinajstić information content (AvgIpc) is 3.35. The number of anilines is 1. The maximum atomic E-state index is 13.7. The van der Waals surface area contributed by atoms with Crippen LogP contribution in [-0.4, -0.2) is 64.0 Å². The van der Waals surface area contributed by atoms with Gasteiger partial charge in [0.15, 0.2) is 6.17 Å². The third-order valence-corrected chi connectivity index (χ3v) is 7.06. The number of urea groups is 1. The van der Waals surface area contributed by atoms with Crippen molar-refractivity contribution in [3.05, 3.63) is 65.7 Å². The first kappa shape index (κ1) is 27.0. The maximum absolute atomic E-state index is 13.7. The molecule has 38 heavy (non-hydrogen) atoms. The summed E-state index contributed by atoms with van der Waals surface area (Å²) in [6.07, 6.45) is 2.81. The van der Waals surface area contributed by atoms with E-state index in [1.807, 2.05) is 0 Å². The molecule has 2 aromatic carbocycles. The number of benzene rings is 2. The third kappa shape index (κ3) is 6.45. The van der Waals surface area contributed by atoms with Crippen LogP contribution in [0.2, 0.25) is 0 Å². The van der Waals surface area contributed by atoms with Crippen LogP contribution >= 0.6 is 0 Å². The van der Waals surface area contributed by atoms with Crippen molar-refractivity contribution >= 4 is 29.5 Å². The van der Waals surface area contributed by atoms with Crippen LogP contribution < -0.4 is 10.6 Å². The molecule has 2 unspecified atom stereocenters. The van der Waals surface area contributed by atoms with Crippen molar-refractivity contribution in [2.24, 2.45) is 5.92 Å². The summed E-state index contributed by atoms with van der Waals surface area (Å²) in [6, 6.07) is 8.59. The molecule has 1 saturated carbocycles. The van der Waals surface area contributed by atoms with Crippen LogP contribution in [0.15, 0.2) is 48.5 Å². The molecule has 9 nitrogen and oxygen atoms in total. The van der Waals surface area contributed by atoms with Gasteiger partial charge in [0.25, 0.3) is 11.8 Å². The number of carbonyl (C=O) groups excluding carboxylic acids is 3. The predicted molar refractivity (Wildman–Crippen MR) is 134 cm³/mol. The zero-order valence-corrected chi connectivity index (χ0v) is 20.7. The lowest BCUT2D eigenvalue weighted by atomic mass is 9.82. The minimum absolute atomic E-state index is 0.0189. The summed E-state index contributed by atoms with van der Waals surface area (Å²) in [5.74, 6) is -3.35. The Bertz CT molecular complexity index is 1170. The smallest absolute Gasteiger partial charge is 0.323 e. The first-order chi connectivity index (χ1) is 18.2. The van der Waals surface area contributed by atoms with E-state index in [0.29, 0.717) is 5.69 Å². The van der Waals surface area contributed by atoms with Gasteiger partial charge in [0.2, 0.25) is 0 Å². The van der Waals surface area contributed by atoms with E-state index < -0.39 is 47.7 Å². The predicted octanol–water partition coefficient (Wildman–Crippen LogP) is 3.82. The van der Waals surface area contributed by atoms with E-state index in [9.17, 15) is 33.1 Å². The molecule has 1 aliphatic heterocycles. The molecule has 2 atom stereocenters. The SMILES string of the molecule is O=C(O)CC(NC(=O)C1N(C(=O)Nc2ccc(F)cc2)CCN1C(=O)c1ccc(F)cc1)C1CCCCC1. The van der Waals surface area contributed by atoms with E-state index in [1.54, 1.807) is 0 Å². The van der Waals surface area contributed by atoms with Crippen molar-refractivity contribution in [2.75, 3.05) is 18.4 Å². The van der Waals surface area contributed by atoms with Gasteiger partial charge in [0.1, 0.15) is 11.6 Å². The number of carboxylic acid groups (broad SMARTS) is 1. The Morgan fingerprint density at radius 2 is 1.45 bits per heavy atom. The van der Waals surface area contributed by atoms with Gasteiger partial charge in [0, 0.05) is 30.4 Å². The highest BCUT2D eigenvalue weighted by atomic mass is 19.1. The number of rotatable bonds is 7. The zero-order chi connectivity index (χ0) is 27.2. The lowest BCUT2D eigenvalue weighted by Crippen LogP contribution is -2.57. The number of nitrogens with one attached hydrogen (secondary N) is 2. The van der Waals surface area contributed by atoms with Crippen LogP contribution in [0, 0.1) is 17.6 Å². The minimum atomic E-state index is -1.37. The van der Waals surface area contributed by atoms with Crippen LogP contribution in [0.1, 0.15) is 48.9 Å². The van der Waals surface area contributed by atoms with E-state index in [0.717, 1.165) is 44.2 Å². The van der Waals surface area contributed by atoms with Gasteiger partial charge < -0.3 is 20.6 Å². The fourth-order valence-corrected chi connectivity index (χ4v) is 5.14. The molecule has 2 aromatic rings. The quantitative estimate of drug-likeness (QED) is 0.505. The van der Waals surface area contributed by atoms with Gasteiger partial charge in [-0.25, -0.2) is 13.6 Å². The van der Waals surface area contributed by atoms with Gasteiger partial charge in [0.05, 0.1) is 6.42 Å². The van der Waals surface area contributed by atoms with E-state index in [2.05, 4.69) is 10.6 Å². The number of carbonyl (C=O) groups is 4. The number of hydrogen-bond donors (Lipinski definition) is 3. The lowest BCUT2D eigenvalue weighted by Gasteiger charge is -2.34. The van der Waals surface area contributed by atoms with Crippen molar-refractivity contribution in [1.82, 2.24) is 15.1 Å². The van der Waals surface area contributed by atoms with Crippen molar-refractivity contribution in [3.63, 3.8) is 0 Å². The van der Waals surface area contributed by atoms with Gasteiger partial charge in [-0.1, -0.05) is 19.3 Å². The summed E-state index contributed by atoms with van der Waals surface area (Å²) in [7, 11) is 0. The van der Waals surface area contributed by atoms with Crippen molar-refractivity contribution in [3.8, 4) is 0 Å².